The smallest absolute Gasteiger partial charge is 0.289 e. The van der Waals surface area contributed by atoms with E-state index in [1.54, 1.807) is 4.57 Å². The van der Waals surface area contributed by atoms with E-state index in [1.807, 2.05) is 43.5 Å². The van der Waals surface area contributed by atoms with E-state index in [-0.39, 0.29) is 11.7 Å². The van der Waals surface area contributed by atoms with E-state index in [4.69, 9.17) is 4.98 Å². The molecule has 0 aliphatic heterocycles. The van der Waals surface area contributed by atoms with Crippen molar-refractivity contribution in [2.75, 3.05) is 0 Å². The van der Waals surface area contributed by atoms with Crippen LogP contribution in [0.5, 0.6) is 0 Å². The molecule has 1 aromatic carbocycles. The average Bonchev–Trinajstić information content (AvgIpc) is 2.97. The highest BCUT2D eigenvalue weighted by atomic mass is 16.1. The van der Waals surface area contributed by atoms with Crippen molar-refractivity contribution in [1.82, 2.24) is 19.5 Å². The van der Waals surface area contributed by atoms with Crippen molar-refractivity contribution < 1.29 is 0 Å². The predicted molar refractivity (Wildman–Crippen MR) is 94.2 cm³/mol. The van der Waals surface area contributed by atoms with Crippen molar-refractivity contribution in [3.63, 3.8) is 0 Å². The second-order valence-electron chi connectivity index (χ2n) is 6.69. The van der Waals surface area contributed by atoms with Gasteiger partial charge in [-0.25, -0.2) is 14.8 Å². The molecular weight excluding hydrogens is 300 g/mol. The first kappa shape index (κ1) is 15.1. The van der Waals surface area contributed by atoms with Gasteiger partial charge in [0, 0.05) is 5.92 Å². The van der Waals surface area contributed by atoms with E-state index >= 15 is 0 Å². The molecule has 0 saturated heterocycles. The van der Waals surface area contributed by atoms with Crippen LogP contribution in [0.1, 0.15) is 62.2 Å². The minimum absolute atomic E-state index is 0.0802. The van der Waals surface area contributed by atoms with Crippen LogP contribution in [0.2, 0.25) is 0 Å². The zero-order valence-corrected chi connectivity index (χ0v) is 13.9. The van der Waals surface area contributed by atoms with Gasteiger partial charge >= 0.3 is 5.69 Å². The fourth-order valence-electron chi connectivity index (χ4n) is 3.74. The largest absolute Gasteiger partial charge is 0.329 e. The summed E-state index contributed by atoms with van der Waals surface area (Å²) in [5, 5.41) is 0. The molecule has 4 rings (SSSR count). The van der Waals surface area contributed by atoms with Crippen LogP contribution in [0, 0.1) is 0 Å². The Labute approximate surface area is 140 Å². The van der Waals surface area contributed by atoms with Crippen LogP contribution in [0.4, 0.5) is 0 Å². The molecule has 2 aromatic heterocycles. The van der Waals surface area contributed by atoms with Crippen molar-refractivity contribution in [2.24, 2.45) is 0 Å². The maximum absolute atomic E-state index is 12.5. The quantitative estimate of drug-likeness (QED) is 0.798. The highest BCUT2D eigenvalue weighted by molar-refractivity contribution is 5.66. The highest BCUT2D eigenvalue weighted by Gasteiger charge is 2.21. The number of rotatable bonds is 3. The van der Waals surface area contributed by atoms with Crippen LogP contribution in [-0.4, -0.2) is 19.5 Å². The zero-order valence-electron chi connectivity index (χ0n) is 13.9. The van der Waals surface area contributed by atoms with Gasteiger partial charge in [0.2, 0.25) is 0 Å². The van der Waals surface area contributed by atoms with Crippen LogP contribution in [0.25, 0.3) is 11.3 Å². The lowest BCUT2D eigenvalue weighted by molar-refractivity contribution is 0.436. The van der Waals surface area contributed by atoms with Crippen LogP contribution in [-0.2, 0) is 0 Å². The number of hydrogen-bond donors (Lipinski definition) is 1. The van der Waals surface area contributed by atoms with E-state index in [9.17, 15) is 4.79 Å². The Morgan fingerprint density at radius 1 is 1.17 bits per heavy atom. The van der Waals surface area contributed by atoms with Crippen molar-refractivity contribution in [2.45, 2.75) is 51.0 Å². The van der Waals surface area contributed by atoms with Gasteiger partial charge in [0.1, 0.15) is 0 Å². The fourth-order valence-corrected chi connectivity index (χ4v) is 3.74. The molecule has 0 spiro atoms. The van der Waals surface area contributed by atoms with E-state index in [0.29, 0.717) is 17.2 Å². The number of fused-ring (bicyclic) bond motifs is 1. The number of benzene rings is 1. The Balaban J connectivity index is 1.79. The molecule has 2 heterocycles. The zero-order chi connectivity index (χ0) is 16.5. The van der Waals surface area contributed by atoms with Gasteiger partial charge in [-0.1, -0.05) is 49.6 Å². The molecule has 1 aliphatic rings. The molecule has 124 valence electrons. The monoisotopic (exact) mass is 322 g/mol. The number of H-pyrrole nitrogens is 1. The van der Waals surface area contributed by atoms with Gasteiger partial charge in [-0.2, -0.15) is 0 Å². The molecule has 0 bridgehead atoms. The molecule has 0 amide bonds. The van der Waals surface area contributed by atoms with Gasteiger partial charge in [0.25, 0.3) is 0 Å². The molecule has 1 N–H and O–H groups in total. The van der Waals surface area contributed by atoms with Crippen molar-refractivity contribution in [3.05, 3.63) is 58.3 Å². The number of hydrogen-bond acceptors (Lipinski definition) is 3. The van der Waals surface area contributed by atoms with E-state index in [0.717, 1.165) is 11.3 Å². The fraction of sp³-hybridized carbons (Fsp3) is 0.421. The first-order valence-corrected chi connectivity index (χ1v) is 8.76. The SMILES string of the molecule is CC(c1ccccc1)n1c(=O)[nH]c2ncc(C3CCCCC3)nc21. The third-order valence-electron chi connectivity index (χ3n) is 5.14. The summed E-state index contributed by atoms with van der Waals surface area (Å²) in [5.41, 5.74) is 3.20. The highest BCUT2D eigenvalue weighted by Crippen LogP contribution is 2.32. The van der Waals surface area contributed by atoms with Crippen molar-refractivity contribution in [1.29, 1.82) is 0 Å². The molecular formula is C19H22N4O. The molecule has 24 heavy (non-hydrogen) atoms. The molecule has 3 aromatic rings. The topological polar surface area (TPSA) is 63.6 Å². The van der Waals surface area contributed by atoms with Gasteiger partial charge in [-0.3, -0.25) is 9.55 Å². The summed E-state index contributed by atoms with van der Waals surface area (Å²) < 4.78 is 1.73. The molecule has 5 nitrogen and oxygen atoms in total. The standard InChI is InChI=1S/C19H22N4O/c1-13(14-8-4-2-5-9-14)23-18-17(22-19(23)24)20-12-16(21-18)15-10-6-3-7-11-15/h2,4-5,8-9,12-13,15H,3,6-7,10-11H2,1H3,(H,20,22,24). The van der Waals surface area contributed by atoms with E-state index in [2.05, 4.69) is 9.97 Å². The average molecular weight is 322 g/mol. The van der Waals surface area contributed by atoms with Crippen LogP contribution in [0.15, 0.2) is 41.3 Å². The van der Waals surface area contributed by atoms with Gasteiger partial charge in [0.15, 0.2) is 11.3 Å². The number of nitrogens with one attached hydrogen (secondary N) is 1. The van der Waals surface area contributed by atoms with Gasteiger partial charge < -0.3 is 0 Å². The van der Waals surface area contributed by atoms with Gasteiger partial charge in [-0.05, 0) is 25.3 Å². The molecule has 1 aliphatic carbocycles. The lowest BCUT2D eigenvalue weighted by Gasteiger charge is -2.21. The number of aromatic nitrogens is 4. The Hall–Kier alpha value is -2.43. The maximum atomic E-state index is 12.5. The Morgan fingerprint density at radius 2 is 1.92 bits per heavy atom. The Morgan fingerprint density at radius 3 is 2.67 bits per heavy atom. The summed E-state index contributed by atoms with van der Waals surface area (Å²) in [6.45, 7) is 2.03. The van der Waals surface area contributed by atoms with E-state index in [1.165, 1.54) is 32.1 Å². The third-order valence-corrected chi connectivity index (χ3v) is 5.14. The lowest BCUT2D eigenvalue weighted by Crippen LogP contribution is -2.21. The molecule has 1 fully saturated rings. The minimum Gasteiger partial charge on any atom is -0.289 e. The van der Waals surface area contributed by atoms with Gasteiger partial charge in [0.05, 0.1) is 17.9 Å². The first-order valence-electron chi connectivity index (χ1n) is 8.76. The van der Waals surface area contributed by atoms with Crippen molar-refractivity contribution in [3.8, 4) is 0 Å². The minimum atomic E-state index is -0.151. The molecule has 1 atom stereocenters. The summed E-state index contributed by atoms with van der Waals surface area (Å²) in [4.78, 5) is 24.6. The van der Waals surface area contributed by atoms with Crippen LogP contribution >= 0.6 is 0 Å². The maximum Gasteiger partial charge on any atom is 0.329 e. The predicted octanol–water partition coefficient (Wildman–Crippen LogP) is 3.78. The van der Waals surface area contributed by atoms with Crippen molar-refractivity contribution >= 4 is 11.3 Å². The Bertz CT molecular complexity index is 891. The second-order valence-corrected chi connectivity index (χ2v) is 6.69. The first-order chi connectivity index (χ1) is 11.7. The molecule has 1 saturated carbocycles. The molecule has 5 heteroatoms. The Kier molecular flexibility index (Phi) is 3.92. The number of aromatic amines is 1. The summed E-state index contributed by atoms with van der Waals surface area (Å²) in [5.74, 6) is 0.473. The van der Waals surface area contributed by atoms with Gasteiger partial charge in [-0.15, -0.1) is 0 Å². The second kappa shape index (κ2) is 6.23. The molecule has 0 radical (unpaired) electrons. The summed E-state index contributed by atoms with van der Waals surface area (Å²) in [7, 11) is 0. The normalized spacial score (nSPS) is 17.2. The summed E-state index contributed by atoms with van der Waals surface area (Å²) >= 11 is 0. The van der Waals surface area contributed by atoms with Crippen LogP contribution in [0.3, 0.4) is 0 Å². The third kappa shape index (κ3) is 2.64. The number of imidazole rings is 1. The van der Waals surface area contributed by atoms with Crippen LogP contribution < -0.4 is 5.69 Å². The lowest BCUT2D eigenvalue weighted by atomic mass is 9.87. The summed E-state index contributed by atoms with van der Waals surface area (Å²) in [6.07, 6.45) is 8.00. The summed E-state index contributed by atoms with van der Waals surface area (Å²) in [6, 6.07) is 9.96. The molecule has 1 unspecified atom stereocenters. The number of nitrogens with zero attached hydrogens (tertiary/aromatic N) is 3. The van der Waals surface area contributed by atoms with E-state index < -0.39 is 0 Å².